The predicted molar refractivity (Wildman–Crippen MR) is 127 cm³/mol. The van der Waals surface area contributed by atoms with E-state index in [0.29, 0.717) is 35.6 Å². The summed E-state index contributed by atoms with van der Waals surface area (Å²) in [6.45, 7) is 2.36. The Morgan fingerprint density at radius 3 is 2.69 bits per heavy atom. The second-order valence-corrected chi connectivity index (χ2v) is 8.63. The van der Waals surface area contributed by atoms with Gasteiger partial charge in [-0.2, -0.15) is 13.2 Å². The summed E-state index contributed by atoms with van der Waals surface area (Å²) >= 11 is 0. The van der Waals surface area contributed by atoms with Gasteiger partial charge in [0.05, 0.1) is 18.5 Å². The molecule has 1 aliphatic rings. The fourth-order valence-corrected chi connectivity index (χ4v) is 3.80. The van der Waals surface area contributed by atoms with Crippen molar-refractivity contribution in [1.82, 2.24) is 14.9 Å². The van der Waals surface area contributed by atoms with Gasteiger partial charge in [0.25, 0.3) is 0 Å². The Labute approximate surface area is 205 Å². The molecule has 0 spiro atoms. The lowest BCUT2D eigenvalue weighted by atomic mass is 9.98. The summed E-state index contributed by atoms with van der Waals surface area (Å²) in [7, 11) is 2.06. The van der Waals surface area contributed by atoms with Crippen molar-refractivity contribution in [2.45, 2.75) is 19.0 Å². The summed E-state index contributed by atoms with van der Waals surface area (Å²) in [5.74, 6) is 4.52. The Morgan fingerprint density at radius 2 is 2.00 bits per heavy atom. The van der Waals surface area contributed by atoms with E-state index in [0.717, 1.165) is 25.9 Å². The number of hydrogen-bond donors (Lipinski definition) is 2. The molecular formula is C26H24F4N4O2. The molecular weight excluding hydrogens is 476 g/mol. The third kappa shape index (κ3) is 6.64. The fraction of sp³-hybridized carbons (Fsp3) is 0.308. The average Bonchev–Trinajstić information content (AvgIpc) is 3.34. The highest BCUT2D eigenvalue weighted by molar-refractivity contribution is 6.05. The molecule has 0 radical (unpaired) electrons. The molecule has 0 atom stereocenters. The van der Waals surface area contributed by atoms with Gasteiger partial charge in [-0.25, -0.2) is 9.37 Å². The van der Waals surface area contributed by atoms with Crippen LogP contribution in [0, 0.1) is 23.6 Å². The van der Waals surface area contributed by atoms with Gasteiger partial charge < -0.3 is 19.9 Å². The maximum absolute atomic E-state index is 13.4. The molecule has 3 aromatic rings. The van der Waals surface area contributed by atoms with Gasteiger partial charge in [-0.05, 0) is 75.3 Å². The van der Waals surface area contributed by atoms with E-state index >= 15 is 0 Å². The van der Waals surface area contributed by atoms with Crippen molar-refractivity contribution in [3.05, 3.63) is 65.7 Å². The van der Waals surface area contributed by atoms with Gasteiger partial charge >= 0.3 is 12.1 Å². The molecule has 1 aromatic heterocycles. The van der Waals surface area contributed by atoms with E-state index in [2.05, 4.69) is 39.1 Å². The number of anilines is 1. The van der Waals surface area contributed by atoms with Crippen molar-refractivity contribution in [1.29, 1.82) is 0 Å². The molecule has 0 bridgehead atoms. The minimum Gasteiger partial charge on any atom is -0.491 e. The molecule has 4 rings (SSSR count). The summed E-state index contributed by atoms with van der Waals surface area (Å²) in [6.07, 6.45) is -1.90. The number of halogens is 4. The first kappa shape index (κ1) is 25.3. The normalized spacial score (nSPS) is 14.7. The van der Waals surface area contributed by atoms with Crippen LogP contribution in [0.4, 0.5) is 23.2 Å². The number of likely N-dealkylation sites (tertiary alicyclic amines) is 1. The molecule has 1 amide bonds. The lowest BCUT2D eigenvalue weighted by Crippen LogP contribution is -2.32. The van der Waals surface area contributed by atoms with Gasteiger partial charge in [0.1, 0.15) is 23.1 Å². The average molecular weight is 500 g/mol. The largest absolute Gasteiger partial charge is 0.491 e. The number of aromatic amines is 1. The molecule has 2 heterocycles. The first-order valence-corrected chi connectivity index (χ1v) is 11.3. The first-order chi connectivity index (χ1) is 17.2. The Balaban J connectivity index is 1.56. The van der Waals surface area contributed by atoms with Crippen molar-refractivity contribution >= 4 is 11.6 Å². The highest BCUT2D eigenvalue weighted by Gasteiger charge is 2.33. The second-order valence-electron chi connectivity index (χ2n) is 8.63. The van der Waals surface area contributed by atoms with E-state index in [4.69, 9.17) is 4.74 Å². The number of rotatable bonds is 5. The molecule has 1 aliphatic heterocycles. The van der Waals surface area contributed by atoms with Gasteiger partial charge in [0.15, 0.2) is 0 Å². The third-order valence-electron chi connectivity index (χ3n) is 5.84. The molecule has 0 aliphatic carbocycles. The van der Waals surface area contributed by atoms with Crippen LogP contribution in [-0.2, 0) is 11.0 Å². The Morgan fingerprint density at radius 1 is 1.22 bits per heavy atom. The zero-order chi connectivity index (χ0) is 25.7. The molecule has 1 fully saturated rings. The lowest BCUT2D eigenvalue weighted by Gasteiger charge is -2.29. The summed E-state index contributed by atoms with van der Waals surface area (Å²) < 4.78 is 58.3. The number of benzene rings is 2. The van der Waals surface area contributed by atoms with Crippen molar-refractivity contribution in [3.8, 4) is 29.0 Å². The van der Waals surface area contributed by atoms with E-state index in [1.165, 1.54) is 24.3 Å². The fourth-order valence-electron chi connectivity index (χ4n) is 3.80. The van der Waals surface area contributed by atoms with Crippen LogP contribution < -0.4 is 10.1 Å². The Kier molecular flexibility index (Phi) is 7.60. The summed E-state index contributed by atoms with van der Waals surface area (Å²) in [5.41, 5.74) is -0.0889. The highest BCUT2D eigenvalue weighted by atomic mass is 19.4. The number of H-pyrrole nitrogens is 1. The van der Waals surface area contributed by atoms with Crippen LogP contribution in [0.5, 0.6) is 5.75 Å². The molecule has 10 heteroatoms. The lowest BCUT2D eigenvalue weighted by molar-refractivity contribution is -0.140. The molecule has 2 N–H and O–H groups in total. The first-order valence-electron chi connectivity index (χ1n) is 11.3. The maximum atomic E-state index is 13.4. The molecule has 2 aromatic carbocycles. The molecule has 0 saturated carbocycles. The van der Waals surface area contributed by atoms with Crippen LogP contribution in [0.25, 0.3) is 11.4 Å². The number of carbonyl (C=O) groups excluding carboxylic acids is 1. The van der Waals surface area contributed by atoms with Crippen LogP contribution in [0.3, 0.4) is 0 Å². The summed E-state index contributed by atoms with van der Waals surface area (Å²) in [5, 5.41) is 2.63. The standard InChI is InChI=1S/C26H24F4N4O2/c1-34-11-9-18(10-12-34)16-36-22-7-6-19(25-31-15-23(33-25)26(28,29)30)14-21(22)32-24(35)8-5-17-3-2-4-20(27)13-17/h2-4,6-7,13-15,18H,9-12,16H2,1H3,(H,31,33)(H,32,35). The van der Waals surface area contributed by atoms with Crippen molar-refractivity contribution in [2.75, 3.05) is 32.1 Å². The van der Waals surface area contributed by atoms with Crippen LogP contribution in [-0.4, -0.2) is 47.5 Å². The topological polar surface area (TPSA) is 70.2 Å². The van der Waals surface area contributed by atoms with Crippen LogP contribution in [0.2, 0.25) is 0 Å². The quantitative estimate of drug-likeness (QED) is 0.385. The van der Waals surface area contributed by atoms with Crippen molar-refractivity contribution in [3.63, 3.8) is 0 Å². The van der Waals surface area contributed by atoms with Gasteiger partial charge in [-0.15, -0.1) is 0 Å². The maximum Gasteiger partial charge on any atom is 0.432 e. The van der Waals surface area contributed by atoms with Crippen LogP contribution >= 0.6 is 0 Å². The van der Waals surface area contributed by atoms with E-state index in [-0.39, 0.29) is 11.5 Å². The second kappa shape index (κ2) is 10.8. The van der Waals surface area contributed by atoms with Gasteiger partial charge in [0.2, 0.25) is 0 Å². The predicted octanol–water partition coefficient (Wildman–Crippen LogP) is 4.95. The number of imidazole rings is 1. The molecule has 0 unspecified atom stereocenters. The molecule has 36 heavy (non-hydrogen) atoms. The zero-order valence-corrected chi connectivity index (χ0v) is 19.5. The minimum atomic E-state index is -4.56. The molecule has 1 saturated heterocycles. The SMILES string of the molecule is CN1CCC(COc2ccc(-c3ncc(C(F)(F)F)[nH]3)cc2NC(=O)C#Cc2cccc(F)c2)CC1. The number of nitrogens with one attached hydrogen (secondary N) is 2. The Hall–Kier alpha value is -3.84. The zero-order valence-electron chi connectivity index (χ0n) is 19.5. The minimum absolute atomic E-state index is 0.00876. The third-order valence-corrected chi connectivity index (χ3v) is 5.84. The number of piperidine rings is 1. The van der Waals surface area contributed by atoms with Gasteiger partial charge in [-0.3, -0.25) is 4.79 Å². The molecule has 188 valence electrons. The number of carbonyl (C=O) groups is 1. The van der Waals surface area contributed by atoms with E-state index in [9.17, 15) is 22.4 Å². The highest BCUT2D eigenvalue weighted by Crippen LogP contribution is 2.33. The monoisotopic (exact) mass is 500 g/mol. The number of ether oxygens (including phenoxy) is 1. The number of amides is 1. The number of nitrogens with zero attached hydrogens (tertiary/aromatic N) is 2. The van der Waals surface area contributed by atoms with Crippen LogP contribution in [0.1, 0.15) is 24.1 Å². The van der Waals surface area contributed by atoms with E-state index < -0.39 is 23.6 Å². The Bertz CT molecular complexity index is 1280. The molecule has 6 nitrogen and oxygen atoms in total. The van der Waals surface area contributed by atoms with Crippen LogP contribution in [0.15, 0.2) is 48.7 Å². The number of aromatic nitrogens is 2. The smallest absolute Gasteiger partial charge is 0.432 e. The summed E-state index contributed by atoms with van der Waals surface area (Å²) in [6, 6.07) is 10.1. The van der Waals surface area contributed by atoms with Gasteiger partial charge in [-0.1, -0.05) is 12.0 Å². The number of alkyl halides is 3. The van der Waals surface area contributed by atoms with Gasteiger partial charge in [0, 0.05) is 17.0 Å². The van der Waals surface area contributed by atoms with E-state index in [1.807, 2.05) is 0 Å². The van der Waals surface area contributed by atoms with Crippen molar-refractivity contribution < 1.29 is 27.1 Å². The number of hydrogen-bond acceptors (Lipinski definition) is 4. The summed E-state index contributed by atoms with van der Waals surface area (Å²) in [4.78, 5) is 20.8. The van der Waals surface area contributed by atoms with Crippen molar-refractivity contribution in [2.24, 2.45) is 5.92 Å². The van der Waals surface area contributed by atoms with E-state index in [1.54, 1.807) is 18.2 Å².